The highest BCUT2D eigenvalue weighted by Crippen LogP contribution is 2.34. The molecule has 4 nitrogen and oxygen atoms in total. The first-order valence-electron chi connectivity index (χ1n) is 5.43. The van der Waals surface area contributed by atoms with E-state index in [1.54, 1.807) is 12.4 Å². The number of hydrogen-bond acceptors (Lipinski definition) is 4. The molecule has 0 aliphatic carbocycles. The van der Waals surface area contributed by atoms with Gasteiger partial charge in [0.15, 0.2) is 0 Å². The molecule has 0 radical (unpaired) electrons. The van der Waals surface area contributed by atoms with Crippen molar-refractivity contribution < 1.29 is 4.79 Å². The molecule has 3 N–H and O–H groups in total. The summed E-state index contributed by atoms with van der Waals surface area (Å²) in [6.45, 7) is 0. The fraction of sp³-hybridized carbons (Fsp3) is 0.0769. The van der Waals surface area contributed by atoms with Crippen molar-refractivity contribution in [2.45, 2.75) is 10.1 Å². The summed E-state index contributed by atoms with van der Waals surface area (Å²) in [7, 11) is 0. The molecule has 0 bridgehead atoms. The van der Waals surface area contributed by atoms with Crippen LogP contribution in [0.5, 0.6) is 0 Å². The molecule has 1 aromatic heterocycles. The first-order chi connectivity index (χ1) is 8.81. The Labute approximate surface area is 110 Å². The van der Waals surface area contributed by atoms with Gasteiger partial charge in [-0.05, 0) is 17.7 Å². The van der Waals surface area contributed by atoms with E-state index in [0.717, 1.165) is 10.5 Å². The molecule has 0 saturated heterocycles. The van der Waals surface area contributed by atoms with Gasteiger partial charge in [-0.2, -0.15) is 0 Å². The molecule has 5 heteroatoms. The van der Waals surface area contributed by atoms with Crippen molar-refractivity contribution in [1.29, 1.82) is 0 Å². The summed E-state index contributed by atoms with van der Waals surface area (Å²) in [5, 5.41) is -0.362. The molecule has 1 amide bonds. The molecule has 0 fully saturated rings. The highest BCUT2D eigenvalue weighted by Gasteiger charge is 2.20. The first kappa shape index (κ1) is 12.6. The highest BCUT2D eigenvalue weighted by atomic mass is 32.2. The Bertz CT molecular complexity index is 504. The Morgan fingerprint density at radius 2 is 1.83 bits per heavy atom. The molecule has 2 aromatic rings. The van der Waals surface area contributed by atoms with E-state index < -0.39 is 0 Å². The van der Waals surface area contributed by atoms with Crippen molar-refractivity contribution >= 4 is 17.7 Å². The largest absolute Gasteiger partial charge is 0.293 e. The third-order valence-corrected chi connectivity index (χ3v) is 3.65. The number of hydrazine groups is 1. The van der Waals surface area contributed by atoms with E-state index in [2.05, 4.69) is 10.4 Å². The second kappa shape index (κ2) is 6.18. The molecule has 18 heavy (non-hydrogen) atoms. The maximum Gasteiger partial charge on any atom is 0.251 e. The molecule has 2 rings (SSSR count). The van der Waals surface area contributed by atoms with Gasteiger partial charge >= 0.3 is 0 Å². The number of carbonyl (C=O) groups is 1. The number of benzene rings is 1. The minimum Gasteiger partial charge on any atom is -0.293 e. The summed E-state index contributed by atoms with van der Waals surface area (Å²) in [5.74, 6) is 5.02. The van der Waals surface area contributed by atoms with Crippen LogP contribution < -0.4 is 11.3 Å². The molecule has 1 atom stereocenters. The van der Waals surface area contributed by atoms with E-state index in [4.69, 9.17) is 5.84 Å². The maximum absolute atomic E-state index is 11.8. The molecule has 0 aliphatic heterocycles. The van der Waals surface area contributed by atoms with Crippen LogP contribution in [0.2, 0.25) is 0 Å². The molecule has 92 valence electrons. The van der Waals surface area contributed by atoms with Gasteiger partial charge in [0, 0.05) is 17.3 Å². The average Bonchev–Trinajstić information content (AvgIpc) is 2.46. The minimum absolute atomic E-state index is 0.219. The van der Waals surface area contributed by atoms with Crippen LogP contribution in [0.4, 0.5) is 0 Å². The van der Waals surface area contributed by atoms with Crippen LogP contribution >= 0.6 is 11.8 Å². The van der Waals surface area contributed by atoms with E-state index in [9.17, 15) is 4.79 Å². The average molecular weight is 259 g/mol. The van der Waals surface area contributed by atoms with Gasteiger partial charge in [-0.3, -0.25) is 15.2 Å². The predicted octanol–water partition coefficient (Wildman–Crippen LogP) is 1.90. The van der Waals surface area contributed by atoms with Crippen LogP contribution in [-0.2, 0) is 4.79 Å². The Balaban J connectivity index is 2.24. The zero-order valence-electron chi connectivity index (χ0n) is 9.61. The smallest absolute Gasteiger partial charge is 0.251 e. The van der Waals surface area contributed by atoms with E-state index in [0.29, 0.717) is 0 Å². The summed E-state index contributed by atoms with van der Waals surface area (Å²) >= 11 is 1.44. The van der Waals surface area contributed by atoms with Gasteiger partial charge < -0.3 is 0 Å². The summed E-state index contributed by atoms with van der Waals surface area (Å²) in [5.41, 5.74) is 3.13. The van der Waals surface area contributed by atoms with Gasteiger partial charge in [-0.25, -0.2) is 5.84 Å². The molecular weight excluding hydrogens is 246 g/mol. The van der Waals surface area contributed by atoms with Crippen LogP contribution in [0.25, 0.3) is 0 Å². The molecule has 0 spiro atoms. The summed E-state index contributed by atoms with van der Waals surface area (Å²) < 4.78 is 0. The monoisotopic (exact) mass is 259 g/mol. The number of nitrogens with two attached hydrogens (primary N) is 1. The lowest BCUT2D eigenvalue weighted by Gasteiger charge is -2.15. The predicted molar refractivity (Wildman–Crippen MR) is 71.6 cm³/mol. The summed E-state index contributed by atoms with van der Waals surface area (Å²) in [6, 6.07) is 13.3. The molecule has 1 heterocycles. The molecule has 0 aliphatic rings. The van der Waals surface area contributed by atoms with Crippen molar-refractivity contribution in [3.8, 4) is 0 Å². The zero-order valence-corrected chi connectivity index (χ0v) is 10.4. The maximum atomic E-state index is 11.8. The normalized spacial score (nSPS) is 11.8. The van der Waals surface area contributed by atoms with Gasteiger partial charge in [0.1, 0.15) is 5.25 Å². The summed E-state index contributed by atoms with van der Waals surface area (Å²) in [6.07, 6.45) is 3.40. The lowest BCUT2D eigenvalue weighted by atomic mass is 10.1. The van der Waals surface area contributed by atoms with Crippen molar-refractivity contribution in [3.05, 3.63) is 60.4 Å². The first-order valence-corrected chi connectivity index (χ1v) is 6.31. The zero-order chi connectivity index (χ0) is 12.8. The van der Waals surface area contributed by atoms with E-state index in [-0.39, 0.29) is 11.2 Å². The van der Waals surface area contributed by atoms with Crippen molar-refractivity contribution in [3.63, 3.8) is 0 Å². The number of pyridine rings is 1. The van der Waals surface area contributed by atoms with E-state index in [1.807, 2.05) is 42.5 Å². The summed E-state index contributed by atoms with van der Waals surface area (Å²) in [4.78, 5) is 16.8. The topological polar surface area (TPSA) is 68.0 Å². The lowest BCUT2D eigenvalue weighted by molar-refractivity contribution is -0.120. The number of thioether (sulfide) groups is 1. The SMILES string of the molecule is NNC(=O)C(Sc1ccncc1)c1ccccc1. The second-order valence-corrected chi connectivity index (χ2v) is 4.78. The highest BCUT2D eigenvalue weighted by molar-refractivity contribution is 8.00. The number of nitrogens with zero attached hydrogens (tertiary/aromatic N) is 1. The Hall–Kier alpha value is -1.85. The number of hydrogen-bond donors (Lipinski definition) is 2. The number of carbonyl (C=O) groups excluding carboxylic acids is 1. The van der Waals surface area contributed by atoms with Crippen molar-refractivity contribution in [2.75, 3.05) is 0 Å². The molecule has 0 saturated carbocycles. The van der Waals surface area contributed by atoms with Gasteiger partial charge in [-0.15, -0.1) is 11.8 Å². The Morgan fingerprint density at radius 1 is 1.17 bits per heavy atom. The van der Waals surface area contributed by atoms with Crippen LogP contribution in [0, 0.1) is 0 Å². The fourth-order valence-electron chi connectivity index (χ4n) is 1.53. The molecule has 1 unspecified atom stereocenters. The van der Waals surface area contributed by atoms with Crippen LogP contribution in [-0.4, -0.2) is 10.9 Å². The van der Waals surface area contributed by atoms with E-state index in [1.165, 1.54) is 11.8 Å². The van der Waals surface area contributed by atoms with Gasteiger partial charge in [-0.1, -0.05) is 30.3 Å². The number of aromatic nitrogens is 1. The van der Waals surface area contributed by atoms with Crippen molar-refractivity contribution in [2.24, 2.45) is 5.84 Å². The van der Waals surface area contributed by atoms with Gasteiger partial charge in [0.2, 0.25) is 0 Å². The third kappa shape index (κ3) is 3.09. The molecule has 1 aromatic carbocycles. The van der Waals surface area contributed by atoms with Crippen LogP contribution in [0.3, 0.4) is 0 Å². The fourth-order valence-corrected chi connectivity index (χ4v) is 2.55. The molecular formula is C13H13N3OS. The van der Waals surface area contributed by atoms with E-state index >= 15 is 0 Å². The Kier molecular flexibility index (Phi) is 4.33. The number of rotatable bonds is 4. The second-order valence-electron chi connectivity index (χ2n) is 3.60. The number of nitrogens with one attached hydrogen (secondary N) is 1. The van der Waals surface area contributed by atoms with Crippen LogP contribution in [0.15, 0.2) is 59.8 Å². The van der Waals surface area contributed by atoms with Crippen molar-refractivity contribution in [1.82, 2.24) is 10.4 Å². The lowest BCUT2D eigenvalue weighted by Crippen LogP contribution is -2.33. The number of amides is 1. The van der Waals surface area contributed by atoms with Crippen LogP contribution in [0.1, 0.15) is 10.8 Å². The van der Waals surface area contributed by atoms with Gasteiger partial charge in [0.05, 0.1) is 0 Å². The standard InChI is InChI=1S/C13H13N3OS/c14-16-13(17)12(10-4-2-1-3-5-10)18-11-6-8-15-9-7-11/h1-9,12H,14H2,(H,16,17). The Morgan fingerprint density at radius 3 is 2.44 bits per heavy atom. The quantitative estimate of drug-likeness (QED) is 0.381. The van der Waals surface area contributed by atoms with Gasteiger partial charge in [0.25, 0.3) is 5.91 Å². The minimum atomic E-state index is -0.362. The third-order valence-electron chi connectivity index (χ3n) is 2.39.